The number of sulfonamides is 1. The van der Waals surface area contributed by atoms with Crippen LogP contribution in [-0.4, -0.2) is 42.0 Å². The highest BCUT2D eigenvalue weighted by Gasteiger charge is 2.33. The molecule has 1 aliphatic heterocycles. The molecule has 0 radical (unpaired) electrons. The van der Waals surface area contributed by atoms with Crippen molar-refractivity contribution in [3.8, 4) is 0 Å². The zero-order valence-corrected chi connectivity index (χ0v) is 12.6. The minimum atomic E-state index is -3.56. The van der Waals surface area contributed by atoms with Crippen LogP contribution in [0, 0.1) is 5.92 Å². The average molecular weight is 306 g/mol. The van der Waals surface area contributed by atoms with Gasteiger partial charge in [-0.2, -0.15) is 4.31 Å². The van der Waals surface area contributed by atoms with Crippen LogP contribution >= 0.6 is 0 Å². The minimum absolute atomic E-state index is 0.0540. The predicted molar refractivity (Wildman–Crippen MR) is 80.3 cm³/mol. The molecule has 1 aromatic carbocycles. The summed E-state index contributed by atoms with van der Waals surface area (Å²) in [6, 6.07) is 8.65. The first-order valence-corrected chi connectivity index (χ1v) is 8.46. The minimum Gasteiger partial charge on any atom is -0.393 e. The summed E-state index contributed by atoms with van der Waals surface area (Å²) in [7, 11) is -3.56. The fourth-order valence-corrected chi connectivity index (χ4v) is 4.51. The van der Waals surface area contributed by atoms with E-state index in [0.29, 0.717) is 30.4 Å². The third-order valence-corrected chi connectivity index (χ3v) is 5.97. The van der Waals surface area contributed by atoms with Gasteiger partial charge in [0.2, 0.25) is 10.0 Å². The molecule has 1 fully saturated rings. The Kier molecular flexibility index (Phi) is 3.69. The highest BCUT2D eigenvalue weighted by atomic mass is 32.2. The SMILES string of the molecule is CC1CN(S(=O)(=O)c2cccc3ncccc23)CCC1O. The van der Waals surface area contributed by atoms with Crippen molar-refractivity contribution < 1.29 is 13.5 Å². The van der Waals surface area contributed by atoms with Gasteiger partial charge in [-0.3, -0.25) is 4.98 Å². The molecule has 2 aromatic rings. The molecule has 21 heavy (non-hydrogen) atoms. The van der Waals surface area contributed by atoms with E-state index in [2.05, 4.69) is 4.98 Å². The van der Waals surface area contributed by atoms with E-state index in [1.807, 2.05) is 6.92 Å². The van der Waals surface area contributed by atoms with Crippen LogP contribution in [-0.2, 0) is 10.0 Å². The molecule has 3 rings (SSSR count). The molecule has 0 bridgehead atoms. The molecule has 0 amide bonds. The zero-order valence-electron chi connectivity index (χ0n) is 11.8. The number of pyridine rings is 1. The Hall–Kier alpha value is -1.50. The summed E-state index contributed by atoms with van der Waals surface area (Å²) < 4.78 is 27.2. The lowest BCUT2D eigenvalue weighted by Gasteiger charge is -2.33. The quantitative estimate of drug-likeness (QED) is 0.915. The number of hydrogen-bond acceptors (Lipinski definition) is 4. The smallest absolute Gasteiger partial charge is 0.243 e. The van der Waals surface area contributed by atoms with Crippen molar-refractivity contribution in [1.82, 2.24) is 9.29 Å². The second-order valence-corrected chi connectivity index (χ2v) is 7.43. The van der Waals surface area contributed by atoms with E-state index < -0.39 is 16.1 Å². The summed E-state index contributed by atoms with van der Waals surface area (Å²) in [5.74, 6) is -0.0540. The summed E-state index contributed by atoms with van der Waals surface area (Å²) >= 11 is 0. The molecule has 0 spiro atoms. The van der Waals surface area contributed by atoms with Crippen LogP contribution in [0.3, 0.4) is 0 Å². The number of benzene rings is 1. The van der Waals surface area contributed by atoms with Gasteiger partial charge in [0.1, 0.15) is 0 Å². The van der Waals surface area contributed by atoms with Crippen LogP contribution in [0.15, 0.2) is 41.4 Å². The van der Waals surface area contributed by atoms with E-state index in [-0.39, 0.29) is 10.8 Å². The molecule has 1 aromatic heterocycles. The van der Waals surface area contributed by atoms with Crippen LogP contribution in [0.2, 0.25) is 0 Å². The monoisotopic (exact) mass is 306 g/mol. The number of rotatable bonds is 2. The molecule has 1 saturated heterocycles. The average Bonchev–Trinajstić information content (AvgIpc) is 2.49. The van der Waals surface area contributed by atoms with Crippen molar-refractivity contribution >= 4 is 20.9 Å². The van der Waals surface area contributed by atoms with Crippen molar-refractivity contribution in [2.75, 3.05) is 13.1 Å². The van der Waals surface area contributed by atoms with Gasteiger partial charge in [-0.15, -0.1) is 0 Å². The van der Waals surface area contributed by atoms with Gasteiger partial charge >= 0.3 is 0 Å². The standard InChI is InChI=1S/C15H18N2O3S/c1-11-10-17(9-7-14(11)18)21(19,20)15-6-2-5-13-12(15)4-3-8-16-13/h2-6,8,11,14,18H,7,9-10H2,1H3. The van der Waals surface area contributed by atoms with Gasteiger partial charge in [-0.1, -0.05) is 13.0 Å². The molecular formula is C15H18N2O3S. The zero-order chi connectivity index (χ0) is 15.0. The molecule has 5 nitrogen and oxygen atoms in total. The van der Waals surface area contributed by atoms with E-state index >= 15 is 0 Å². The maximum Gasteiger partial charge on any atom is 0.243 e. The Bertz CT molecular complexity index is 755. The van der Waals surface area contributed by atoms with E-state index in [1.165, 1.54) is 4.31 Å². The summed E-state index contributed by atoms with van der Waals surface area (Å²) in [4.78, 5) is 4.49. The Balaban J connectivity index is 2.05. The number of aliphatic hydroxyl groups is 1. The number of hydrogen-bond donors (Lipinski definition) is 1. The highest BCUT2D eigenvalue weighted by Crippen LogP contribution is 2.28. The van der Waals surface area contributed by atoms with Gasteiger partial charge in [0.05, 0.1) is 16.5 Å². The Labute approximate surface area is 124 Å². The summed E-state index contributed by atoms with van der Waals surface area (Å²) in [5, 5.41) is 10.4. The normalized spacial score (nSPS) is 24.3. The molecule has 112 valence electrons. The summed E-state index contributed by atoms with van der Waals surface area (Å²) in [6.45, 7) is 2.57. The second-order valence-electron chi connectivity index (χ2n) is 5.52. The molecule has 6 heteroatoms. The van der Waals surface area contributed by atoms with E-state index in [1.54, 1.807) is 36.5 Å². The van der Waals surface area contributed by atoms with Crippen LogP contribution in [0.4, 0.5) is 0 Å². The van der Waals surface area contributed by atoms with Gasteiger partial charge in [0, 0.05) is 24.7 Å². The van der Waals surface area contributed by atoms with Crippen molar-refractivity contribution in [3.05, 3.63) is 36.5 Å². The maximum absolute atomic E-state index is 12.9. The topological polar surface area (TPSA) is 70.5 Å². The molecule has 1 aliphatic rings. The Morgan fingerprint density at radius 3 is 2.86 bits per heavy atom. The number of aromatic nitrogens is 1. The first kappa shape index (κ1) is 14.4. The van der Waals surface area contributed by atoms with Crippen molar-refractivity contribution in [2.45, 2.75) is 24.3 Å². The van der Waals surface area contributed by atoms with E-state index in [4.69, 9.17) is 0 Å². The molecule has 2 heterocycles. The van der Waals surface area contributed by atoms with Gasteiger partial charge in [0.15, 0.2) is 0 Å². The molecule has 2 atom stereocenters. The van der Waals surface area contributed by atoms with Gasteiger partial charge in [-0.25, -0.2) is 8.42 Å². The van der Waals surface area contributed by atoms with Crippen LogP contribution in [0.25, 0.3) is 10.9 Å². The van der Waals surface area contributed by atoms with Crippen LogP contribution in [0.1, 0.15) is 13.3 Å². The predicted octanol–water partition coefficient (Wildman–Crippen LogP) is 1.63. The first-order chi connectivity index (χ1) is 10.00. The largest absolute Gasteiger partial charge is 0.393 e. The van der Waals surface area contributed by atoms with Gasteiger partial charge < -0.3 is 5.11 Å². The highest BCUT2D eigenvalue weighted by molar-refractivity contribution is 7.89. The number of nitrogens with zero attached hydrogens (tertiary/aromatic N) is 2. The third kappa shape index (κ3) is 2.54. The van der Waals surface area contributed by atoms with Crippen LogP contribution in [0.5, 0.6) is 0 Å². The number of aliphatic hydroxyl groups excluding tert-OH is 1. The fourth-order valence-electron chi connectivity index (χ4n) is 2.75. The number of fused-ring (bicyclic) bond motifs is 1. The van der Waals surface area contributed by atoms with E-state index in [9.17, 15) is 13.5 Å². The second kappa shape index (κ2) is 5.36. The fraction of sp³-hybridized carbons (Fsp3) is 0.400. The lowest BCUT2D eigenvalue weighted by Crippen LogP contribution is -2.44. The third-order valence-electron chi connectivity index (χ3n) is 4.05. The van der Waals surface area contributed by atoms with Gasteiger partial charge in [0.25, 0.3) is 0 Å². The number of piperidine rings is 1. The first-order valence-electron chi connectivity index (χ1n) is 7.02. The summed E-state index contributed by atoms with van der Waals surface area (Å²) in [6.07, 6.45) is 1.70. The van der Waals surface area contributed by atoms with Crippen molar-refractivity contribution in [2.24, 2.45) is 5.92 Å². The van der Waals surface area contributed by atoms with Crippen molar-refractivity contribution in [3.63, 3.8) is 0 Å². The lowest BCUT2D eigenvalue weighted by atomic mass is 9.99. The molecule has 1 N–H and O–H groups in total. The molecule has 2 unspecified atom stereocenters. The molecule has 0 aliphatic carbocycles. The van der Waals surface area contributed by atoms with Crippen molar-refractivity contribution in [1.29, 1.82) is 0 Å². The summed E-state index contributed by atoms with van der Waals surface area (Å²) in [5.41, 5.74) is 0.670. The lowest BCUT2D eigenvalue weighted by molar-refractivity contribution is 0.0629. The van der Waals surface area contributed by atoms with E-state index in [0.717, 1.165) is 0 Å². The maximum atomic E-state index is 12.9. The Morgan fingerprint density at radius 2 is 2.10 bits per heavy atom. The van der Waals surface area contributed by atoms with Crippen LogP contribution < -0.4 is 0 Å². The Morgan fingerprint density at radius 1 is 1.29 bits per heavy atom. The molecular weight excluding hydrogens is 288 g/mol. The van der Waals surface area contributed by atoms with Gasteiger partial charge in [-0.05, 0) is 36.6 Å². The molecule has 0 saturated carbocycles.